The second-order valence-electron chi connectivity index (χ2n) is 4.76. The van der Waals surface area contributed by atoms with Crippen LogP contribution in [0.25, 0.3) is 6.08 Å². The minimum Gasteiger partial charge on any atom is -0.500 e. The largest absolute Gasteiger partial charge is 0.500 e. The third-order valence-corrected chi connectivity index (χ3v) is 3.90. The highest BCUT2D eigenvalue weighted by Gasteiger charge is 2.20. The van der Waals surface area contributed by atoms with Crippen molar-refractivity contribution in [3.63, 3.8) is 0 Å². The third kappa shape index (κ3) is 3.89. The van der Waals surface area contributed by atoms with Crippen LogP contribution in [0.15, 0.2) is 30.3 Å². The highest BCUT2D eigenvalue weighted by molar-refractivity contribution is 6.40. The van der Waals surface area contributed by atoms with Crippen LogP contribution < -0.4 is 4.74 Å². The van der Waals surface area contributed by atoms with Crippen LogP contribution >= 0.6 is 23.2 Å². The SMILES string of the molecule is COc1cc(/C=C/C(=O)c2c(Cl)ccc(F)c2Cl)cc([N+](=O)[O-])c1O. The highest BCUT2D eigenvalue weighted by atomic mass is 35.5. The number of benzene rings is 2. The van der Waals surface area contributed by atoms with E-state index in [4.69, 9.17) is 27.9 Å². The molecule has 130 valence electrons. The van der Waals surface area contributed by atoms with Gasteiger partial charge in [-0.25, -0.2) is 4.39 Å². The van der Waals surface area contributed by atoms with E-state index in [-0.39, 0.29) is 21.9 Å². The summed E-state index contributed by atoms with van der Waals surface area (Å²) in [5.41, 5.74) is -0.605. The number of hydrogen-bond acceptors (Lipinski definition) is 5. The molecule has 0 bridgehead atoms. The molecule has 1 N–H and O–H groups in total. The van der Waals surface area contributed by atoms with Gasteiger partial charge in [0.15, 0.2) is 11.5 Å². The molecule has 2 aromatic carbocycles. The molecule has 0 aliphatic rings. The molecule has 0 aliphatic heterocycles. The molecule has 0 saturated heterocycles. The van der Waals surface area contributed by atoms with Crippen LogP contribution in [-0.4, -0.2) is 22.9 Å². The number of halogens is 3. The van der Waals surface area contributed by atoms with Gasteiger partial charge in [-0.2, -0.15) is 0 Å². The molecule has 0 amide bonds. The maximum atomic E-state index is 13.5. The average molecular weight is 386 g/mol. The summed E-state index contributed by atoms with van der Waals surface area (Å²) in [5, 5.41) is 20.2. The van der Waals surface area contributed by atoms with Crippen molar-refractivity contribution in [2.24, 2.45) is 0 Å². The van der Waals surface area contributed by atoms with Gasteiger partial charge in [-0.3, -0.25) is 14.9 Å². The third-order valence-electron chi connectivity index (χ3n) is 3.21. The number of nitro groups is 1. The van der Waals surface area contributed by atoms with Crippen LogP contribution in [0, 0.1) is 15.9 Å². The number of carbonyl (C=O) groups excluding carboxylic acids is 1. The number of phenolic OH excluding ortho intramolecular Hbond substituents is 1. The first-order chi connectivity index (χ1) is 11.8. The summed E-state index contributed by atoms with van der Waals surface area (Å²) in [6, 6.07) is 4.56. The number of hydrogen-bond donors (Lipinski definition) is 1. The second-order valence-corrected chi connectivity index (χ2v) is 5.55. The zero-order valence-corrected chi connectivity index (χ0v) is 14.1. The fraction of sp³-hybridized carbons (Fsp3) is 0.0625. The number of ketones is 1. The predicted molar refractivity (Wildman–Crippen MR) is 91.1 cm³/mol. The molecule has 0 heterocycles. The number of allylic oxidation sites excluding steroid dienone is 1. The van der Waals surface area contributed by atoms with E-state index in [1.54, 1.807) is 0 Å². The Labute approximate surface area is 151 Å². The van der Waals surface area contributed by atoms with Gasteiger partial charge < -0.3 is 9.84 Å². The molecule has 2 aromatic rings. The molecule has 0 aliphatic carbocycles. The molecular weight excluding hydrogens is 376 g/mol. The topological polar surface area (TPSA) is 89.7 Å². The minimum atomic E-state index is -0.801. The Balaban J connectivity index is 2.43. The van der Waals surface area contributed by atoms with Crippen LogP contribution in [0.3, 0.4) is 0 Å². The first-order valence-electron chi connectivity index (χ1n) is 6.67. The lowest BCUT2D eigenvalue weighted by molar-refractivity contribution is -0.386. The summed E-state index contributed by atoms with van der Waals surface area (Å²) in [4.78, 5) is 22.4. The fourth-order valence-electron chi connectivity index (χ4n) is 2.01. The number of ether oxygens (including phenoxy) is 1. The Hall–Kier alpha value is -2.64. The standard InChI is InChI=1S/C16H10Cl2FNO5/c1-25-13-7-8(6-11(16(13)22)20(23)24)2-5-12(21)14-9(17)3-4-10(19)15(14)18/h2-7,22H,1H3/b5-2+. The molecule has 2 rings (SSSR count). The molecule has 25 heavy (non-hydrogen) atoms. The smallest absolute Gasteiger partial charge is 0.315 e. The quantitative estimate of drug-likeness (QED) is 0.266. The number of nitrogens with zero attached hydrogens (tertiary/aromatic N) is 1. The van der Waals surface area contributed by atoms with Gasteiger partial charge in [-0.1, -0.05) is 29.3 Å². The number of aromatic hydroxyl groups is 1. The van der Waals surface area contributed by atoms with Gasteiger partial charge in [0, 0.05) is 6.07 Å². The lowest BCUT2D eigenvalue weighted by Gasteiger charge is -2.06. The molecule has 0 atom stereocenters. The predicted octanol–water partition coefficient (Wildman–Crippen LogP) is 4.65. The zero-order valence-electron chi connectivity index (χ0n) is 12.6. The molecule has 0 spiro atoms. The average Bonchev–Trinajstić information content (AvgIpc) is 2.57. The van der Waals surface area contributed by atoms with E-state index < -0.39 is 33.0 Å². The zero-order chi connectivity index (χ0) is 18.7. The number of phenols is 1. The maximum Gasteiger partial charge on any atom is 0.315 e. The normalized spacial score (nSPS) is 10.9. The van der Waals surface area contributed by atoms with Crippen molar-refractivity contribution in [2.75, 3.05) is 7.11 Å². The molecule has 0 radical (unpaired) electrons. The Morgan fingerprint density at radius 3 is 2.64 bits per heavy atom. The van der Waals surface area contributed by atoms with E-state index in [0.717, 1.165) is 18.2 Å². The minimum absolute atomic E-state index is 0.0321. The Morgan fingerprint density at radius 2 is 2.04 bits per heavy atom. The van der Waals surface area contributed by atoms with Crippen molar-refractivity contribution >= 4 is 40.7 Å². The van der Waals surface area contributed by atoms with Crippen molar-refractivity contribution in [1.29, 1.82) is 0 Å². The van der Waals surface area contributed by atoms with Crippen molar-refractivity contribution in [2.45, 2.75) is 0 Å². The lowest BCUT2D eigenvalue weighted by Crippen LogP contribution is -1.99. The summed E-state index contributed by atoms with van der Waals surface area (Å²) in [5.74, 6) is -2.26. The van der Waals surface area contributed by atoms with E-state index in [0.29, 0.717) is 0 Å². The monoisotopic (exact) mass is 385 g/mol. The fourth-order valence-corrected chi connectivity index (χ4v) is 2.57. The van der Waals surface area contributed by atoms with Crippen molar-refractivity contribution in [3.8, 4) is 11.5 Å². The van der Waals surface area contributed by atoms with Gasteiger partial charge in [0.25, 0.3) is 0 Å². The van der Waals surface area contributed by atoms with E-state index in [2.05, 4.69) is 0 Å². The van der Waals surface area contributed by atoms with Crippen LogP contribution in [0.2, 0.25) is 10.0 Å². The summed E-state index contributed by atoms with van der Waals surface area (Å²) >= 11 is 11.6. The van der Waals surface area contributed by atoms with Gasteiger partial charge in [0.05, 0.1) is 27.6 Å². The molecule has 9 heteroatoms. The first kappa shape index (κ1) is 18.7. The number of carbonyl (C=O) groups is 1. The van der Waals surface area contributed by atoms with Crippen LogP contribution in [0.1, 0.15) is 15.9 Å². The highest BCUT2D eigenvalue weighted by Crippen LogP contribution is 2.37. The van der Waals surface area contributed by atoms with Crippen LogP contribution in [-0.2, 0) is 0 Å². The molecular formula is C16H10Cl2FNO5. The van der Waals surface area contributed by atoms with Gasteiger partial charge in [-0.05, 0) is 29.8 Å². The molecule has 0 aromatic heterocycles. The van der Waals surface area contributed by atoms with E-state index in [1.807, 2.05) is 0 Å². The van der Waals surface area contributed by atoms with E-state index in [9.17, 15) is 24.4 Å². The number of methoxy groups -OCH3 is 1. The number of nitro benzene ring substituents is 1. The second kappa shape index (κ2) is 7.50. The maximum absolute atomic E-state index is 13.5. The van der Waals surface area contributed by atoms with Crippen LogP contribution in [0.5, 0.6) is 11.5 Å². The molecule has 0 unspecified atom stereocenters. The van der Waals surface area contributed by atoms with Gasteiger partial charge >= 0.3 is 5.69 Å². The summed E-state index contributed by atoms with van der Waals surface area (Å²) in [6.45, 7) is 0. The van der Waals surface area contributed by atoms with E-state index >= 15 is 0 Å². The van der Waals surface area contributed by atoms with Gasteiger partial charge in [0.1, 0.15) is 5.82 Å². The number of rotatable bonds is 5. The van der Waals surface area contributed by atoms with Gasteiger partial charge in [0.2, 0.25) is 5.75 Å². The van der Waals surface area contributed by atoms with Gasteiger partial charge in [-0.15, -0.1) is 0 Å². The van der Waals surface area contributed by atoms with E-state index in [1.165, 1.54) is 25.3 Å². The van der Waals surface area contributed by atoms with Crippen LogP contribution in [0.4, 0.5) is 10.1 Å². The Morgan fingerprint density at radius 1 is 1.36 bits per heavy atom. The summed E-state index contributed by atoms with van der Waals surface area (Å²) < 4.78 is 18.3. The molecule has 0 saturated carbocycles. The van der Waals surface area contributed by atoms with Crippen molar-refractivity contribution in [3.05, 3.63) is 67.4 Å². The Bertz CT molecular complexity index is 899. The lowest BCUT2D eigenvalue weighted by atomic mass is 10.1. The van der Waals surface area contributed by atoms with Crippen molar-refractivity contribution in [1.82, 2.24) is 0 Å². The van der Waals surface area contributed by atoms with Crippen molar-refractivity contribution < 1.29 is 24.0 Å². The molecule has 0 fully saturated rings. The summed E-state index contributed by atoms with van der Waals surface area (Å²) in [6.07, 6.45) is 2.26. The molecule has 6 nitrogen and oxygen atoms in total. The Kier molecular flexibility index (Phi) is 5.61. The first-order valence-corrected chi connectivity index (χ1v) is 7.43. The summed E-state index contributed by atoms with van der Waals surface area (Å²) in [7, 11) is 1.23.